The molecule has 1 unspecified atom stereocenters. The van der Waals surface area contributed by atoms with E-state index < -0.39 is 0 Å². The van der Waals surface area contributed by atoms with Crippen molar-refractivity contribution in [3.63, 3.8) is 0 Å². The average Bonchev–Trinajstić information content (AvgIpc) is 2.81. The van der Waals surface area contributed by atoms with Gasteiger partial charge in [-0.1, -0.05) is 12.1 Å². The number of rotatable bonds is 3. The van der Waals surface area contributed by atoms with Gasteiger partial charge in [0.25, 0.3) is 0 Å². The number of esters is 1. The lowest BCUT2D eigenvalue weighted by molar-refractivity contribution is -0.149. The molecule has 1 aromatic carbocycles. The molecule has 4 heteroatoms. The Morgan fingerprint density at radius 2 is 2.19 bits per heavy atom. The highest BCUT2D eigenvalue weighted by atomic mass is 16.5. The van der Waals surface area contributed by atoms with Gasteiger partial charge in [0, 0.05) is 6.54 Å². The van der Waals surface area contributed by atoms with Crippen LogP contribution in [0.2, 0.25) is 0 Å². The van der Waals surface area contributed by atoms with Crippen LogP contribution in [-0.4, -0.2) is 24.2 Å². The first kappa shape index (κ1) is 11.0. The van der Waals surface area contributed by atoms with Gasteiger partial charge in [0.1, 0.15) is 12.4 Å². The first-order valence-corrected chi connectivity index (χ1v) is 5.41. The molecule has 0 bridgehead atoms. The van der Waals surface area contributed by atoms with Crippen LogP contribution in [0.25, 0.3) is 0 Å². The van der Waals surface area contributed by atoms with Crippen LogP contribution in [0.1, 0.15) is 12.0 Å². The van der Waals surface area contributed by atoms with Gasteiger partial charge in [-0.25, -0.2) is 0 Å². The van der Waals surface area contributed by atoms with Crippen molar-refractivity contribution in [2.75, 3.05) is 13.1 Å². The molecule has 4 nitrogen and oxygen atoms in total. The Morgan fingerprint density at radius 1 is 1.44 bits per heavy atom. The van der Waals surface area contributed by atoms with Gasteiger partial charge in [-0.2, -0.15) is 0 Å². The minimum absolute atomic E-state index is 0.00267. The second-order valence-corrected chi connectivity index (χ2v) is 3.96. The summed E-state index contributed by atoms with van der Waals surface area (Å²) >= 11 is 0. The van der Waals surface area contributed by atoms with Crippen LogP contribution in [-0.2, 0) is 16.1 Å². The van der Waals surface area contributed by atoms with Gasteiger partial charge in [-0.3, -0.25) is 4.79 Å². The number of hydrogen-bond acceptors (Lipinski definition) is 4. The molecule has 0 aromatic heterocycles. The number of aromatic hydroxyl groups is 1. The molecular formula is C12H15NO3. The van der Waals surface area contributed by atoms with Gasteiger partial charge in [0.2, 0.25) is 0 Å². The van der Waals surface area contributed by atoms with Gasteiger partial charge in [-0.15, -0.1) is 0 Å². The van der Waals surface area contributed by atoms with Crippen molar-refractivity contribution in [1.29, 1.82) is 0 Å². The zero-order chi connectivity index (χ0) is 11.4. The number of nitrogens with one attached hydrogen (secondary N) is 1. The summed E-state index contributed by atoms with van der Waals surface area (Å²) in [7, 11) is 0. The van der Waals surface area contributed by atoms with E-state index >= 15 is 0 Å². The molecule has 1 fully saturated rings. The van der Waals surface area contributed by atoms with E-state index in [2.05, 4.69) is 5.32 Å². The lowest BCUT2D eigenvalue weighted by atomic mass is 10.1. The molecule has 1 atom stereocenters. The Bertz CT molecular complexity index is 355. The summed E-state index contributed by atoms with van der Waals surface area (Å²) in [5, 5.41) is 12.2. The van der Waals surface area contributed by atoms with E-state index in [0.29, 0.717) is 6.54 Å². The SMILES string of the molecule is O=C(OCc1ccc(O)cc1)C1CCNC1. The van der Waals surface area contributed by atoms with Crippen LogP contribution in [0, 0.1) is 5.92 Å². The van der Waals surface area contributed by atoms with Gasteiger partial charge >= 0.3 is 5.97 Å². The molecule has 16 heavy (non-hydrogen) atoms. The second-order valence-electron chi connectivity index (χ2n) is 3.96. The van der Waals surface area contributed by atoms with E-state index in [1.54, 1.807) is 24.3 Å². The van der Waals surface area contributed by atoms with E-state index in [1.165, 1.54) is 0 Å². The number of carbonyl (C=O) groups excluding carboxylic acids is 1. The van der Waals surface area contributed by atoms with Crippen molar-refractivity contribution in [2.24, 2.45) is 5.92 Å². The predicted octanol–water partition coefficient (Wildman–Crippen LogP) is 1.04. The average molecular weight is 221 g/mol. The smallest absolute Gasteiger partial charge is 0.310 e. The molecule has 0 amide bonds. The maximum Gasteiger partial charge on any atom is 0.310 e. The molecule has 1 aromatic rings. The first-order chi connectivity index (χ1) is 7.75. The second kappa shape index (κ2) is 4.99. The lowest BCUT2D eigenvalue weighted by Crippen LogP contribution is -2.20. The Labute approximate surface area is 94.2 Å². The van der Waals surface area contributed by atoms with Crippen molar-refractivity contribution < 1.29 is 14.6 Å². The molecule has 86 valence electrons. The van der Waals surface area contributed by atoms with Gasteiger partial charge in [0.05, 0.1) is 5.92 Å². The normalized spacial score (nSPS) is 19.6. The Balaban J connectivity index is 1.82. The van der Waals surface area contributed by atoms with E-state index in [-0.39, 0.29) is 24.2 Å². The third kappa shape index (κ3) is 2.73. The topological polar surface area (TPSA) is 58.6 Å². The molecule has 0 spiro atoms. The summed E-state index contributed by atoms with van der Waals surface area (Å²) in [4.78, 5) is 11.6. The van der Waals surface area contributed by atoms with E-state index in [9.17, 15) is 4.79 Å². The quantitative estimate of drug-likeness (QED) is 0.749. The van der Waals surface area contributed by atoms with Crippen molar-refractivity contribution in [1.82, 2.24) is 5.32 Å². The molecule has 1 aliphatic heterocycles. The first-order valence-electron chi connectivity index (χ1n) is 5.41. The third-order valence-corrected chi connectivity index (χ3v) is 2.71. The molecule has 2 N–H and O–H groups in total. The largest absolute Gasteiger partial charge is 0.508 e. The standard InChI is InChI=1S/C12H15NO3/c14-11-3-1-9(2-4-11)8-16-12(15)10-5-6-13-7-10/h1-4,10,13-14H,5-8H2. The van der Waals surface area contributed by atoms with Crippen LogP contribution in [0.15, 0.2) is 24.3 Å². The Kier molecular flexibility index (Phi) is 3.41. The summed E-state index contributed by atoms with van der Waals surface area (Å²) in [6.45, 7) is 1.88. The van der Waals surface area contributed by atoms with Crippen molar-refractivity contribution in [2.45, 2.75) is 13.0 Å². The predicted molar refractivity (Wildman–Crippen MR) is 58.9 cm³/mol. The highest BCUT2D eigenvalue weighted by Gasteiger charge is 2.23. The molecule has 1 heterocycles. The maximum absolute atomic E-state index is 11.6. The molecule has 1 saturated heterocycles. The molecule has 0 radical (unpaired) electrons. The van der Waals surface area contributed by atoms with Crippen molar-refractivity contribution >= 4 is 5.97 Å². The Morgan fingerprint density at radius 3 is 2.81 bits per heavy atom. The molecular weight excluding hydrogens is 206 g/mol. The van der Waals surface area contributed by atoms with Gasteiger partial charge in [0.15, 0.2) is 0 Å². The third-order valence-electron chi connectivity index (χ3n) is 2.71. The van der Waals surface area contributed by atoms with Gasteiger partial charge in [-0.05, 0) is 30.7 Å². The van der Waals surface area contributed by atoms with Crippen LogP contribution >= 0.6 is 0 Å². The fourth-order valence-electron chi connectivity index (χ4n) is 1.72. The van der Waals surface area contributed by atoms with Crippen LogP contribution < -0.4 is 5.32 Å². The molecule has 2 rings (SSSR count). The number of benzene rings is 1. The number of carbonyl (C=O) groups is 1. The van der Waals surface area contributed by atoms with E-state index in [4.69, 9.17) is 9.84 Å². The zero-order valence-electron chi connectivity index (χ0n) is 8.98. The summed E-state index contributed by atoms with van der Waals surface area (Å²) in [5.41, 5.74) is 0.886. The fourth-order valence-corrected chi connectivity index (χ4v) is 1.72. The minimum atomic E-state index is -0.141. The highest BCUT2D eigenvalue weighted by molar-refractivity contribution is 5.73. The van der Waals surface area contributed by atoms with Crippen molar-refractivity contribution in [3.8, 4) is 5.75 Å². The summed E-state index contributed by atoms with van der Waals surface area (Å²) in [5.74, 6) is 0.0743. The number of ether oxygens (including phenoxy) is 1. The van der Waals surface area contributed by atoms with E-state index in [0.717, 1.165) is 18.5 Å². The molecule has 1 aliphatic rings. The van der Waals surface area contributed by atoms with Crippen molar-refractivity contribution in [3.05, 3.63) is 29.8 Å². The van der Waals surface area contributed by atoms with Gasteiger partial charge < -0.3 is 15.2 Å². The summed E-state index contributed by atoms with van der Waals surface area (Å²) in [6, 6.07) is 6.66. The minimum Gasteiger partial charge on any atom is -0.508 e. The van der Waals surface area contributed by atoms with Crippen LogP contribution in [0.5, 0.6) is 5.75 Å². The maximum atomic E-state index is 11.6. The Hall–Kier alpha value is -1.55. The zero-order valence-corrected chi connectivity index (χ0v) is 8.98. The number of hydrogen-bond donors (Lipinski definition) is 2. The summed E-state index contributed by atoms with van der Waals surface area (Å²) < 4.78 is 5.19. The summed E-state index contributed by atoms with van der Waals surface area (Å²) in [6.07, 6.45) is 0.856. The monoisotopic (exact) mass is 221 g/mol. The van der Waals surface area contributed by atoms with E-state index in [1.807, 2.05) is 0 Å². The van der Waals surface area contributed by atoms with Crippen LogP contribution in [0.3, 0.4) is 0 Å². The molecule has 0 aliphatic carbocycles. The highest BCUT2D eigenvalue weighted by Crippen LogP contribution is 2.13. The fraction of sp³-hybridized carbons (Fsp3) is 0.417. The lowest BCUT2D eigenvalue weighted by Gasteiger charge is -2.09. The molecule has 0 saturated carbocycles. The number of phenolic OH excluding ortho intramolecular Hbond substituents is 1. The number of phenols is 1. The van der Waals surface area contributed by atoms with Crippen LogP contribution in [0.4, 0.5) is 0 Å².